The van der Waals surface area contributed by atoms with E-state index in [0.717, 1.165) is 33.6 Å². The molecule has 4 nitrogen and oxygen atoms in total. The maximum absolute atomic E-state index is 5.50. The Hall–Kier alpha value is -2.88. The van der Waals surface area contributed by atoms with Crippen LogP contribution < -0.4 is 9.47 Å². The van der Waals surface area contributed by atoms with E-state index in [1.807, 2.05) is 42.5 Å². The molecule has 0 amide bonds. The molecule has 0 spiro atoms. The van der Waals surface area contributed by atoms with Crippen LogP contribution in [0.2, 0.25) is 0 Å². The molecular weight excluding hydrogens is 300 g/mol. The summed E-state index contributed by atoms with van der Waals surface area (Å²) in [7, 11) is 3.31. The number of nitrogens with zero attached hydrogens (tertiary/aromatic N) is 2. The normalized spacial score (nSPS) is 11.2. The van der Waals surface area contributed by atoms with Crippen LogP contribution in [0.5, 0.6) is 11.5 Å². The van der Waals surface area contributed by atoms with Gasteiger partial charge in [-0.1, -0.05) is 18.2 Å². The summed E-state index contributed by atoms with van der Waals surface area (Å²) in [5, 5.41) is 10.7. The van der Waals surface area contributed by atoms with Crippen LogP contribution >= 0.6 is 0 Å². The largest absolute Gasteiger partial charge is 0.496 e. The van der Waals surface area contributed by atoms with E-state index < -0.39 is 0 Å². The van der Waals surface area contributed by atoms with Gasteiger partial charge in [-0.15, -0.1) is 5.11 Å². The summed E-state index contributed by atoms with van der Waals surface area (Å²) >= 11 is 0. The first kappa shape index (κ1) is 16.0. The van der Waals surface area contributed by atoms with Crippen molar-refractivity contribution >= 4 is 22.1 Å². The second kappa shape index (κ2) is 6.71. The zero-order valence-electron chi connectivity index (χ0n) is 14.3. The van der Waals surface area contributed by atoms with Crippen molar-refractivity contribution in [2.24, 2.45) is 10.2 Å². The second-order valence-corrected chi connectivity index (χ2v) is 5.72. The average Bonchev–Trinajstić information content (AvgIpc) is 2.58. The maximum Gasteiger partial charge on any atom is 0.129 e. The number of azo groups is 1. The van der Waals surface area contributed by atoms with E-state index in [9.17, 15) is 0 Å². The lowest BCUT2D eigenvalue weighted by Gasteiger charge is -2.11. The lowest BCUT2D eigenvalue weighted by Crippen LogP contribution is -1.89. The monoisotopic (exact) mass is 320 g/mol. The first-order valence-electron chi connectivity index (χ1n) is 7.76. The quantitative estimate of drug-likeness (QED) is 0.563. The maximum atomic E-state index is 5.50. The summed E-state index contributed by atoms with van der Waals surface area (Å²) < 4.78 is 10.9. The van der Waals surface area contributed by atoms with Crippen LogP contribution in [0.4, 0.5) is 11.4 Å². The van der Waals surface area contributed by atoms with Crippen LogP contribution in [0.15, 0.2) is 58.8 Å². The predicted octanol–water partition coefficient (Wildman–Crippen LogP) is 5.89. The molecule has 3 aromatic carbocycles. The van der Waals surface area contributed by atoms with E-state index in [4.69, 9.17) is 9.47 Å². The molecule has 24 heavy (non-hydrogen) atoms. The zero-order valence-corrected chi connectivity index (χ0v) is 14.3. The van der Waals surface area contributed by atoms with Gasteiger partial charge in [0.2, 0.25) is 0 Å². The van der Waals surface area contributed by atoms with Crippen molar-refractivity contribution in [3.63, 3.8) is 0 Å². The lowest BCUT2D eigenvalue weighted by atomic mass is 10.1. The Kier molecular flexibility index (Phi) is 4.47. The summed E-state index contributed by atoms with van der Waals surface area (Å²) in [6.45, 7) is 4.11. The van der Waals surface area contributed by atoms with Crippen molar-refractivity contribution in [1.29, 1.82) is 0 Å². The Morgan fingerprint density at radius 1 is 0.750 bits per heavy atom. The highest BCUT2D eigenvalue weighted by Gasteiger charge is 2.11. The molecule has 3 rings (SSSR count). The van der Waals surface area contributed by atoms with Gasteiger partial charge in [0, 0.05) is 5.39 Å². The fraction of sp³-hybridized carbons (Fsp3) is 0.200. The number of aryl methyl sites for hydroxylation is 2. The van der Waals surface area contributed by atoms with Gasteiger partial charge in [0.15, 0.2) is 0 Å². The smallest absolute Gasteiger partial charge is 0.129 e. The van der Waals surface area contributed by atoms with Crippen molar-refractivity contribution in [3.8, 4) is 11.5 Å². The van der Waals surface area contributed by atoms with Crippen LogP contribution in [-0.4, -0.2) is 14.2 Å². The van der Waals surface area contributed by atoms with Crippen molar-refractivity contribution in [3.05, 3.63) is 59.7 Å². The number of methoxy groups -OCH3 is 2. The van der Waals surface area contributed by atoms with Gasteiger partial charge < -0.3 is 9.47 Å². The summed E-state index contributed by atoms with van der Waals surface area (Å²) in [5.74, 6) is 1.54. The van der Waals surface area contributed by atoms with E-state index in [2.05, 4.69) is 30.1 Å². The lowest BCUT2D eigenvalue weighted by molar-refractivity contribution is 0.415. The molecule has 122 valence electrons. The van der Waals surface area contributed by atoms with Crippen LogP contribution in [0.3, 0.4) is 0 Å². The molecule has 0 radical (unpaired) electrons. The minimum Gasteiger partial charge on any atom is -0.496 e. The van der Waals surface area contributed by atoms with Crippen LogP contribution in [0.25, 0.3) is 10.8 Å². The molecule has 0 N–H and O–H groups in total. The Morgan fingerprint density at radius 3 is 2.12 bits per heavy atom. The average molecular weight is 320 g/mol. The number of benzene rings is 3. The SMILES string of the molecule is COc1ccc(N=Nc2cc(C)cc(C)c2)c2c(OC)cccc12. The van der Waals surface area contributed by atoms with Crippen LogP contribution in [0, 0.1) is 13.8 Å². The highest BCUT2D eigenvalue weighted by Crippen LogP contribution is 2.39. The zero-order chi connectivity index (χ0) is 17.1. The first-order valence-corrected chi connectivity index (χ1v) is 7.76. The molecule has 4 heteroatoms. The molecule has 0 aliphatic carbocycles. The highest BCUT2D eigenvalue weighted by molar-refractivity contribution is 6.01. The Morgan fingerprint density at radius 2 is 1.46 bits per heavy atom. The molecule has 0 saturated heterocycles. The Balaban J connectivity index is 2.14. The molecule has 0 unspecified atom stereocenters. The molecule has 0 aliphatic rings. The summed E-state index contributed by atoms with van der Waals surface area (Å²) in [4.78, 5) is 0. The number of ether oxygens (including phenoxy) is 2. The third-order valence-electron chi connectivity index (χ3n) is 3.86. The number of fused-ring (bicyclic) bond motifs is 1. The van der Waals surface area contributed by atoms with Crippen LogP contribution in [-0.2, 0) is 0 Å². The van der Waals surface area contributed by atoms with Gasteiger partial charge in [0.25, 0.3) is 0 Å². The highest BCUT2D eigenvalue weighted by atomic mass is 16.5. The Bertz CT molecular complexity index is 897. The van der Waals surface area contributed by atoms with Gasteiger partial charge in [-0.05, 0) is 55.3 Å². The van der Waals surface area contributed by atoms with Crippen molar-refractivity contribution in [2.75, 3.05) is 14.2 Å². The third-order valence-corrected chi connectivity index (χ3v) is 3.86. The van der Waals surface area contributed by atoms with Gasteiger partial charge >= 0.3 is 0 Å². The minimum atomic E-state index is 0.751. The van der Waals surface area contributed by atoms with Crippen molar-refractivity contribution < 1.29 is 9.47 Å². The molecule has 0 bridgehead atoms. The second-order valence-electron chi connectivity index (χ2n) is 5.72. The van der Waals surface area contributed by atoms with Crippen molar-refractivity contribution in [1.82, 2.24) is 0 Å². The predicted molar refractivity (Wildman–Crippen MR) is 97.1 cm³/mol. The minimum absolute atomic E-state index is 0.751. The van der Waals surface area contributed by atoms with E-state index >= 15 is 0 Å². The molecule has 0 aromatic heterocycles. The summed E-state index contributed by atoms with van der Waals surface area (Å²) in [5.41, 5.74) is 3.93. The molecule has 0 heterocycles. The number of hydrogen-bond acceptors (Lipinski definition) is 4. The first-order chi connectivity index (χ1) is 11.6. The van der Waals surface area contributed by atoms with E-state index in [0.29, 0.717) is 0 Å². The summed E-state index contributed by atoms with van der Waals surface area (Å²) in [6.07, 6.45) is 0. The summed E-state index contributed by atoms with van der Waals surface area (Å²) in [6, 6.07) is 15.8. The molecule has 0 aliphatic heterocycles. The van der Waals surface area contributed by atoms with E-state index in [-0.39, 0.29) is 0 Å². The van der Waals surface area contributed by atoms with Crippen LogP contribution in [0.1, 0.15) is 11.1 Å². The van der Waals surface area contributed by atoms with Gasteiger partial charge in [0.05, 0.1) is 31.0 Å². The molecule has 3 aromatic rings. The molecule has 0 atom stereocenters. The number of rotatable bonds is 4. The van der Waals surface area contributed by atoms with E-state index in [1.54, 1.807) is 14.2 Å². The molecule has 0 fully saturated rings. The standard InChI is InChI=1S/C20H20N2O2/c1-13-10-14(2)12-15(11-13)21-22-17-8-9-18(23-3)16-6-5-7-19(24-4)20(16)17/h5-12H,1-4H3. The molecular formula is C20H20N2O2. The number of hydrogen-bond donors (Lipinski definition) is 0. The van der Waals surface area contributed by atoms with Gasteiger partial charge in [0.1, 0.15) is 11.5 Å². The van der Waals surface area contributed by atoms with E-state index in [1.165, 1.54) is 11.1 Å². The molecule has 0 saturated carbocycles. The fourth-order valence-corrected chi connectivity index (χ4v) is 2.88. The fourth-order valence-electron chi connectivity index (χ4n) is 2.88. The van der Waals surface area contributed by atoms with Gasteiger partial charge in [-0.3, -0.25) is 0 Å². The van der Waals surface area contributed by atoms with Gasteiger partial charge in [-0.2, -0.15) is 5.11 Å². The topological polar surface area (TPSA) is 43.2 Å². The Labute approximate surface area is 141 Å². The third kappa shape index (κ3) is 3.08. The van der Waals surface area contributed by atoms with Gasteiger partial charge in [-0.25, -0.2) is 0 Å². The van der Waals surface area contributed by atoms with Crippen molar-refractivity contribution in [2.45, 2.75) is 13.8 Å².